The Morgan fingerprint density at radius 1 is 0.955 bits per heavy atom. The number of hydrogen-bond acceptors (Lipinski definition) is 3. The van der Waals surface area contributed by atoms with E-state index in [1.165, 1.54) is 22.3 Å². The summed E-state index contributed by atoms with van der Waals surface area (Å²) in [6.07, 6.45) is 2.07. The van der Waals surface area contributed by atoms with Gasteiger partial charge < -0.3 is 5.32 Å². The van der Waals surface area contributed by atoms with E-state index in [0.29, 0.717) is 0 Å². The monoisotopic (exact) mass is 424 g/mol. The molecule has 0 saturated carbocycles. The van der Waals surface area contributed by atoms with Gasteiger partial charge in [0.25, 0.3) is 0 Å². The first-order chi connectivity index (χ1) is 10.2. The maximum Gasteiger partial charge on any atom is 0.157 e. The van der Waals surface area contributed by atoms with Crippen molar-refractivity contribution in [2.24, 2.45) is 4.99 Å². The van der Waals surface area contributed by atoms with Crippen molar-refractivity contribution in [2.75, 3.05) is 6.26 Å². The molecule has 1 N–H and O–H groups in total. The van der Waals surface area contributed by atoms with Crippen molar-refractivity contribution in [1.82, 2.24) is 5.32 Å². The highest BCUT2D eigenvalue weighted by molar-refractivity contribution is 14.0. The van der Waals surface area contributed by atoms with Crippen LogP contribution >= 0.6 is 35.7 Å². The summed E-state index contributed by atoms with van der Waals surface area (Å²) in [6, 6.07) is 17.7. The first-order valence-electron chi connectivity index (χ1n) is 7.19. The van der Waals surface area contributed by atoms with Gasteiger partial charge in [-0.25, -0.2) is 0 Å². The summed E-state index contributed by atoms with van der Waals surface area (Å²) in [5.74, 6) is 0. The topological polar surface area (TPSA) is 24.4 Å². The Labute approximate surface area is 153 Å². The maximum absolute atomic E-state index is 4.87. The van der Waals surface area contributed by atoms with Crippen LogP contribution in [-0.2, 0) is 0 Å². The summed E-state index contributed by atoms with van der Waals surface area (Å²) in [5, 5.41) is 4.59. The molecule has 3 rings (SSSR count). The van der Waals surface area contributed by atoms with Crippen molar-refractivity contribution < 1.29 is 0 Å². The lowest BCUT2D eigenvalue weighted by atomic mass is 9.93. The normalized spacial score (nSPS) is 20.0. The van der Waals surface area contributed by atoms with Crippen LogP contribution in [0.15, 0.2) is 53.5 Å². The van der Waals surface area contributed by atoms with Crippen LogP contribution in [0.3, 0.4) is 0 Å². The first-order valence-corrected chi connectivity index (χ1v) is 8.41. The van der Waals surface area contributed by atoms with Gasteiger partial charge >= 0.3 is 0 Å². The number of nitrogens with zero attached hydrogens (tertiary/aromatic N) is 1. The van der Waals surface area contributed by atoms with Crippen molar-refractivity contribution in [1.29, 1.82) is 0 Å². The van der Waals surface area contributed by atoms with Crippen LogP contribution in [0.2, 0.25) is 0 Å². The SMILES string of the molecule is CSC1=N[C@@H](c2cccc(C)c2)[C@@H](c2cccc(C)c2)N1.I. The third-order valence-corrected chi connectivity index (χ3v) is 4.44. The molecule has 0 spiro atoms. The number of benzene rings is 2. The number of amidine groups is 1. The second-order valence-electron chi connectivity index (χ2n) is 5.53. The van der Waals surface area contributed by atoms with Crippen LogP contribution in [0.5, 0.6) is 0 Å². The molecule has 0 fully saturated rings. The molecule has 1 aliphatic heterocycles. The minimum absolute atomic E-state index is 0. The predicted octanol–water partition coefficient (Wildman–Crippen LogP) is 5.03. The summed E-state index contributed by atoms with van der Waals surface area (Å²) in [5.41, 5.74) is 5.14. The van der Waals surface area contributed by atoms with Crippen LogP contribution in [0.4, 0.5) is 0 Å². The van der Waals surface area contributed by atoms with Gasteiger partial charge in [0.05, 0.1) is 6.04 Å². The largest absolute Gasteiger partial charge is 0.356 e. The molecular weight excluding hydrogens is 403 g/mol. The quantitative estimate of drug-likeness (QED) is 0.685. The molecule has 2 aromatic carbocycles. The molecule has 0 bridgehead atoms. The van der Waals surface area contributed by atoms with E-state index in [0.717, 1.165) is 5.17 Å². The Bertz CT molecular complexity index is 684. The lowest BCUT2D eigenvalue weighted by molar-refractivity contribution is 0.572. The Kier molecular flexibility index (Phi) is 5.92. The van der Waals surface area contributed by atoms with Gasteiger partial charge in [-0.05, 0) is 31.2 Å². The fourth-order valence-corrected chi connectivity index (χ4v) is 3.28. The number of rotatable bonds is 2. The second kappa shape index (κ2) is 7.51. The number of aliphatic imine (C=N–C) groups is 1. The van der Waals surface area contributed by atoms with Crippen LogP contribution in [0, 0.1) is 13.8 Å². The summed E-state index contributed by atoms with van der Waals surface area (Å²) in [7, 11) is 0. The molecule has 4 heteroatoms. The van der Waals surface area contributed by atoms with Crippen LogP contribution in [-0.4, -0.2) is 11.4 Å². The zero-order valence-corrected chi connectivity index (χ0v) is 16.2. The average molecular weight is 424 g/mol. The fourth-order valence-electron chi connectivity index (χ4n) is 2.81. The van der Waals surface area contributed by atoms with E-state index in [-0.39, 0.29) is 36.1 Å². The van der Waals surface area contributed by atoms with E-state index in [4.69, 9.17) is 4.99 Å². The summed E-state index contributed by atoms with van der Waals surface area (Å²) in [6.45, 7) is 4.27. The summed E-state index contributed by atoms with van der Waals surface area (Å²) in [4.78, 5) is 4.87. The van der Waals surface area contributed by atoms with E-state index in [1.807, 2.05) is 0 Å². The van der Waals surface area contributed by atoms with Gasteiger partial charge in [-0.2, -0.15) is 0 Å². The lowest BCUT2D eigenvalue weighted by Gasteiger charge is -2.20. The Hall–Kier alpha value is -1.01. The van der Waals surface area contributed by atoms with Gasteiger partial charge in [-0.15, -0.1) is 24.0 Å². The molecule has 0 aromatic heterocycles. The highest BCUT2D eigenvalue weighted by Gasteiger charge is 2.30. The van der Waals surface area contributed by atoms with Crippen LogP contribution in [0.25, 0.3) is 0 Å². The molecule has 0 unspecified atom stereocenters. The summed E-state index contributed by atoms with van der Waals surface area (Å²) < 4.78 is 0. The molecular formula is C18H21IN2S. The van der Waals surface area contributed by atoms with Crippen molar-refractivity contribution in [2.45, 2.75) is 25.9 Å². The average Bonchev–Trinajstić information content (AvgIpc) is 2.91. The Morgan fingerprint density at radius 3 is 2.14 bits per heavy atom. The Morgan fingerprint density at radius 2 is 1.55 bits per heavy atom. The summed E-state index contributed by atoms with van der Waals surface area (Å²) >= 11 is 1.68. The molecule has 0 aliphatic carbocycles. The maximum atomic E-state index is 4.87. The van der Waals surface area contributed by atoms with Crippen molar-refractivity contribution in [3.63, 3.8) is 0 Å². The van der Waals surface area contributed by atoms with Crippen LogP contribution in [0.1, 0.15) is 34.3 Å². The van der Waals surface area contributed by atoms with Gasteiger partial charge in [0.15, 0.2) is 5.17 Å². The molecule has 0 saturated heterocycles. The van der Waals surface area contributed by atoms with E-state index < -0.39 is 0 Å². The van der Waals surface area contributed by atoms with E-state index >= 15 is 0 Å². The molecule has 1 heterocycles. The molecule has 2 nitrogen and oxygen atoms in total. The van der Waals surface area contributed by atoms with Crippen LogP contribution < -0.4 is 5.32 Å². The second-order valence-corrected chi connectivity index (χ2v) is 6.33. The molecule has 0 radical (unpaired) electrons. The third-order valence-electron chi connectivity index (χ3n) is 3.83. The predicted molar refractivity (Wildman–Crippen MR) is 107 cm³/mol. The molecule has 22 heavy (non-hydrogen) atoms. The van der Waals surface area contributed by atoms with Gasteiger partial charge in [-0.3, -0.25) is 4.99 Å². The van der Waals surface area contributed by atoms with Crippen molar-refractivity contribution in [3.8, 4) is 0 Å². The van der Waals surface area contributed by atoms with E-state index in [1.54, 1.807) is 11.8 Å². The number of aryl methyl sites for hydroxylation is 2. The first kappa shape index (κ1) is 17.3. The third kappa shape index (κ3) is 3.66. The zero-order valence-electron chi connectivity index (χ0n) is 13.0. The lowest BCUT2D eigenvalue weighted by Crippen LogP contribution is -2.22. The number of hydrogen-bond donors (Lipinski definition) is 1. The number of halogens is 1. The van der Waals surface area contributed by atoms with Gasteiger partial charge in [0, 0.05) is 0 Å². The Balaban J connectivity index is 0.00000176. The standard InChI is InChI=1S/C18H20N2S.HI/c1-12-6-4-8-14(10-12)16-17(20-18(19-16)21-3)15-9-5-7-13(2)11-15;/h4-11,16-17H,1-3H3,(H,19,20);1H/t16-,17+;. The minimum Gasteiger partial charge on any atom is -0.356 e. The highest BCUT2D eigenvalue weighted by atomic mass is 127. The van der Waals surface area contributed by atoms with E-state index in [2.05, 4.69) is 74.0 Å². The molecule has 2 atom stereocenters. The number of nitrogens with one attached hydrogen (secondary N) is 1. The zero-order chi connectivity index (χ0) is 14.8. The molecule has 2 aromatic rings. The number of thioether (sulfide) groups is 1. The smallest absolute Gasteiger partial charge is 0.157 e. The van der Waals surface area contributed by atoms with Gasteiger partial charge in [-0.1, -0.05) is 71.4 Å². The highest BCUT2D eigenvalue weighted by Crippen LogP contribution is 2.37. The van der Waals surface area contributed by atoms with Gasteiger partial charge in [0.1, 0.15) is 6.04 Å². The fraction of sp³-hybridized carbons (Fsp3) is 0.278. The molecule has 116 valence electrons. The van der Waals surface area contributed by atoms with Gasteiger partial charge in [0.2, 0.25) is 0 Å². The minimum atomic E-state index is 0. The molecule has 0 amide bonds. The van der Waals surface area contributed by atoms with Crippen molar-refractivity contribution in [3.05, 3.63) is 70.8 Å². The van der Waals surface area contributed by atoms with E-state index in [9.17, 15) is 0 Å². The molecule has 1 aliphatic rings. The van der Waals surface area contributed by atoms with Crippen molar-refractivity contribution >= 4 is 40.9 Å².